The molecule has 0 aliphatic heterocycles. The number of aryl methyl sites for hydroxylation is 1. The fraction of sp³-hybridized carbons (Fsp3) is 0.214. The lowest BCUT2D eigenvalue weighted by Gasteiger charge is -2.10. The fourth-order valence-electron chi connectivity index (χ4n) is 2.02. The van der Waals surface area contributed by atoms with Crippen molar-refractivity contribution in [3.05, 3.63) is 39.7 Å². The van der Waals surface area contributed by atoms with Crippen molar-refractivity contribution in [1.82, 2.24) is 0 Å². The minimum Gasteiger partial charge on any atom is -0.426 e. The zero-order valence-corrected chi connectivity index (χ0v) is 10.8. The van der Waals surface area contributed by atoms with Gasteiger partial charge in [0.1, 0.15) is 11.3 Å². The summed E-state index contributed by atoms with van der Waals surface area (Å²) in [6.45, 7) is 4.32. The summed E-state index contributed by atoms with van der Waals surface area (Å²) in [7, 11) is 0. The molecule has 0 saturated carbocycles. The molecule has 0 saturated heterocycles. The minimum absolute atomic E-state index is 0.171. The minimum atomic E-state index is -0.517. The molecular weight excluding hydrogens is 248 g/mol. The molecule has 0 atom stereocenters. The van der Waals surface area contributed by atoms with Crippen LogP contribution in [0.25, 0.3) is 11.0 Å². The molecule has 0 aliphatic carbocycles. The van der Waals surface area contributed by atoms with Crippen LogP contribution in [-0.2, 0) is 4.79 Å². The van der Waals surface area contributed by atoms with Crippen molar-refractivity contribution in [2.75, 3.05) is 0 Å². The number of rotatable bonds is 2. The number of hydrogen-bond acceptors (Lipinski definition) is 5. The van der Waals surface area contributed by atoms with Gasteiger partial charge in [-0.2, -0.15) is 0 Å². The van der Waals surface area contributed by atoms with Gasteiger partial charge < -0.3 is 9.15 Å². The van der Waals surface area contributed by atoms with Crippen molar-refractivity contribution in [1.29, 1.82) is 0 Å². The normalized spacial score (nSPS) is 10.5. The van der Waals surface area contributed by atoms with Crippen LogP contribution in [0, 0.1) is 6.92 Å². The molecular formula is C14H12O5. The van der Waals surface area contributed by atoms with Crippen LogP contribution in [0.3, 0.4) is 0 Å². The lowest BCUT2D eigenvalue weighted by molar-refractivity contribution is -0.131. The predicted molar refractivity (Wildman–Crippen MR) is 68.5 cm³/mol. The molecule has 5 heteroatoms. The molecule has 1 aromatic carbocycles. The molecule has 0 aliphatic rings. The van der Waals surface area contributed by atoms with Gasteiger partial charge in [-0.05, 0) is 31.5 Å². The molecule has 98 valence electrons. The highest BCUT2D eigenvalue weighted by Gasteiger charge is 2.18. The Balaban J connectivity index is 2.88. The number of ether oxygens (including phenoxy) is 1. The van der Waals surface area contributed by atoms with Crippen LogP contribution < -0.4 is 10.4 Å². The molecule has 5 nitrogen and oxygen atoms in total. The average Bonchev–Trinajstić information content (AvgIpc) is 2.28. The maximum absolute atomic E-state index is 11.8. The van der Waals surface area contributed by atoms with E-state index in [4.69, 9.17) is 9.15 Å². The van der Waals surface area contributed by atoms with E-state index < -0.39 is 11.6 Å². The van der Waals surface area contributed by atoms with Gasteiger partial charge in [-0.3, -0.25) is 9.59 Å². The van der Waals surface area contributed by atoms with Crippen LogP contribution in [0.15, 0.2) is 27.4 Å². The first-order valence-electron chi connectivity index (χ1n) is 5.67. The summed E-state index contributed by atoms with van der Waals surface area (Å²) in [4.78, 5) is 34.2. The molecule has 0 bridgehead atoms. The highest BCUT2D eigenvalue weighted by Crippen LogP contribution is 2.30. The van der Waals surface area contributed by atoms with Crippen LogP contribution in [0.1, 0.15) is 29.8 Å². The van der Waals surface area contributed by atoms with E-state index in [2.05, 4.69) is 0 Å². The van der Waals surface area contributed by atoms with E-state index in [1.807, 2.05) is 0 Å². The van der Waals surface area contributed by atoms with Crippen LogP contribution in [0.5, 0.6) is 5.75 Å². The Morgan fingerprint density at radius 2 is 1.89 bits per heavy atom. The smallest absolute Gasteiger partial charge is 0.336 e. The lowest BCUT2D eigenvalue weighted by atomic mass is 10.0. The molecule has 0 amide bonds. The Hall–Kier alpha value is -2.43. The van der Waals surface area contributed by atoms with Crippen molar-refractivity contribution in [3.8, 4) is 5.75 Å². The van der Waals surface area contributed by atoms with Crippen molar-refractivity contribution in [2.45, 2.75) is 20.8 Å². The molecule has 1 aromatic heterocycles. The first-order chi connectivity index (χ1) is 8.90. The molecule has 2 rings (SSSR count). The predicted octanol–water partition coefficient (Wildman–Crippen LogP) is 2.23. The highest BCUT2D eigenvalue weighted by molar-refractivity contribution is 6.09. The van der Waals surface area contributed by atoms with Crippen LogP contribution in [-0.4, -0.2) is 11.8 Å². The lowest BCUT2D eigenvalue weighted by Crippen LogP contribution is -2.08. The third-order valence-electron chi connectivity index (χ3n) is 2.67. The Bertz CT molecular complexity index is 739. The summed E-state index contributed by atoms with van der Waals surface area (Å²) in [5, 5.41) is 0.492. The second-order valence-electron chi connectivity index (χ2n) is 4.21. The van der Waals surface area contributed by atoms with Gasteiger partial charge in [-0.1, -0.05) is 0 Å². The molecule has 19 heavy (non-hydrogen) atoms. The summed E-state index contributed by atoms with van der Waals surface area (Å²) in [5.74, 6) is -0.611. The third kappa shape index (κ3) is 2.40. The summed E-state index contributed by atoms with van der Waals surface area (Å²) < 4.78 is 10.1. The number of esters is 1. The highest BCUT2D eigenvalue weighted by atomic mass is 16.5. The topological polar surface area (TPSA) is 73.6 Å². The molecule has 0 spiro atoms. The van der Waals surface area contributed by atoms with E-state index in [9.17, 15) is 14.4 Å². The van der Waals surface area contributed by atoms with Crippen LogP contribution in [0.2, 0.25) is 0 Å². The fourth-order valence-corrected chi connectivity index (χ4v) is 2.02. The maximum atomic E-state index is 11.8. The standard InChI is InChI=1S/C14H12O5/c1-7-6-12(17)19-10-4-5-11(18-9(3)16)14(8(2)15)13(7)10/h4-6H,1-3H3. The summed E-state index contributed by atoms with van der Waals surface area (Å²) >= 11 is 0. The zero-order valence-electron chi connectivity index (χ0n) is 10.8. The number of fused-ring (bicyclic) bond motifs is 1. The van der Waals surface area contributed by atoms with Gasteiger partial charge in [0, 0.05) is 18.4 Å². The number of benzene rings is 1. The van der Waals surface area contributed by atoms with Gasteiger partial charge in [-0.25, -0.2) is 4.79 Å². The first kappa shape index (κ1) is 13.0. The quantitative estimate of drug-likeness (QED) is 0.358. The number of carbonyl (C=O) groups excluding carboxylic acids is 2. The average molecular weight is 260 g/mol. The van der Waals surface area contributed by atoms with Gasteiger partial charge in [0.15, 0.2) is 5.78 Å². The molecule has 0 radical (unpaired) electrons. The van der Waals surface area contributed by atoms with Gasteiger partial charge >= 0.3 is 11.6 Å². The number of ketones is 1. The monoisotopic (exact) mass is 260 g/mol. The first-order valence-corrected chi connectivity index (χ1v) is 5.67. The molecule has 0 N–H and O–H groups in total. The van der Waals surface area contributed by atoms with Crippen LogP contribution in [0.4, 0.5) is 0 Å². The van der Waals surface area contributed by atoms with Crippen molar-refractivity contribution in [2.24, 2.45) is 0 Å². The zero-order chi connectivity index (χ0) is 14.2. The molecule has 0 fully saturated rings. The Morgan fingerprint density at radius 3 is 2.47 bits per heavy atom. The second kappa shape index (κ2) is 4.68. The third-order valence-corrected chi connectivity index (χ3v) is 2.67. The maximum Gasteiger partial charge on any atom is 0.336 e. The number of Topliss-reactive ketones (excluding diaryl/α,β-unsaturated/α-hetero) is 1. The Labute approximate surface area is 108 Å². The van der Waals surface area contributed by atoms with Gasteiger partial charge in [-0.15, -0.1) is 0 Å². The second-order valence-corrected chi connectivity index (χ2v) is 4.21. The largest absolute Gasteiger partial charge is 0.426 e. The van der Waals surface area contributed by atoms with Crippen molar-refractivity contribution >= 4 is 22.7 Å². The number of hydrogen-bond donors (Lipinski definition) is 0. The van der Waals surface area contributed by atoms with Crippen molar-refractivity contribution in [3.63, 3.8) is 0 Å². The SMILES string of the molecule is CC(=O)Oc1ccc2oc(=O)cc(C)c2c1C(C)=O. The molecule has 0 unspecified atom stereocenters. The molecule has 2 aromatic rings. The van der Waals surface area contributed by atoms with Crippen LogP contribution >= 0.6 is 0 Å². The van der Waals surface area contributed by atoms with Crippen molar-refractivity contribution < 1.29 is 18.7 Å². The van der Waals surface area contributed by atoms with Gasteiger partial charge in [0.2, 0.25) is 0 Å². The van der Waals surface area contributed by atoms with Gasteiger partial charge in [0.05, 0.1) is 5.56 Å². The van der Waals surface area contributed by atoms with E-state index >= 15 is 0 Å². The van der Waals surface area contributed by atoms with E-state index in [-0.39, 0.29) is 17.1 Å². The summed E-state index contributed by atoms with van der Waals surface area (Å²) in [6.07, 6.45) is 0. The number of carbonyl (C=O) groups is 2. The van der Waals surface area contributed by atoms with E-state index in [1.165, 1.54) is 32.0 Å². The Kier molecular flexibility index (Phi) is 3.21. The summed E-state index contributed by atoms with van der Waals surface area (Å²) in [6, 6.07) is 4.25. The van der Waals surface area contributed by atoms with E-state index in [1.54, 1.807) is 6.92 Å². The molecule has 1 heterocycles. The van der Waals surface area contributed by atoms with Gasteiger partial charge in [0.25, 0.3) is 0 Å². The summed E-state index contributed by atoms with van der Waals surface area (Å²) in [5.41, 5.74) is 0.658. The van der Waals surface area contributed by atoms with E-state index in [0.717, 1.165) is 0 Å². The van der Waals surface area contributed by atoms with E-state index in [0.29, 0.717) is 16.5 Å². The Morgan fingerprint density at radius 1 is 1.21 bits per heavy atom.